The van der Waals surface area contributed by atoms with Crippen molar-refractivity contribution in [3.63, 3.8) is 0 Å². The molecule has 3 N–H and O–H groups in total. The van der Waals surface area contributed by atoms with Crippen molar-refractivity contribution < 1.29 is 31.7 Å². The van der Waals surface area contributed by atoms with Crippen LogP contribution < -0.4 is 16.0 Å². The number of aromatic nitrogens is 2. The van der Waals surface area contributed by atoms with Gasteiger partial charge in [-0.3, -0.25) is 18.6 Å². The van der Waals surface area contributed by atoms with Crippen LogP contribution in [-0.4, -0.2) is 68.4 Å². The summed E-state index contributed by atoms with van der Waals surface area (Å²) in [6.07, 6.45) is 2.84. The van der Waals surface area contributed by atoms with Crippen molar-refractivity contribution in [3.8, 4) is 0 Å². The van der Waals surface area contributed by atoms with Gasteiger partial charge in [0, 0.05) is 46.6 Å². The molecule has 13 heteroatoms. The lowest BCUT2D eigenvalue weighted by molar-refractivity contribution is -0.115. The SMILES string of the molecule is COCCNC(=O)c1cc(NC(=O)c2cc(NC(=O)CCS(=O)(=O)OC)cn2C)cn1C. The van der Waals surface area contributed by atoms with Crippen LogP contribution in [0.3, 0.4) is 0 Å². The minimum Gasteiger partial charge on any atom is -0.383 e. The number of rotatable bonds is 11. The Labute approximate surface area is 186 Å². The summed E-state index contributed by atoms with van der Waals surface area (Å²) in [5.74, 6) is -1.74. The zero-order chi connectivity index (χ0) is 23.9. The summed E-state index contributed by atoms with van der Waals surface area (Å²) >= 11 is 0. The highest BCUT2D eigenvalue weighted by Crippen LogP contribution is 2.17. The molecule has 3 amide bonds. The quantitative estimate of drug-likeness (QED) is 0.316. The normalized spacial score (nSPS) is 11.2. The first kappa shape index (κ1) is 25.1. The van der Waals surface area contributed by atoms with Gasteiger partial charge < -0.3 is 29.8 Å². The second-order valence-corrected chi connectivity index (χ2v) is 8.74. The molecule has 0 aliphatic heterocycles. The minimum atomic E-state index is -3.74. The topological polar surface area (TPSA) is 150 Å². The van der Waals surface area contributed by atoms with Gasteiger partial charge in [0.2, 0.25) is 5.91 Å². The number of hydrogen-bond donors (Lipinski definition) is 3. The predicted octanol–water partition coefficient (Wildman–Crippen LogP) is 0.297. The maximum Gasteiger partial charge on any atom is 0.272 e. The molecule has 2 aromatic heterocycles. The summed E-state index contributed by atoms with van der Waals surface area (Å²) in [4.78, 5) is 36.8. The highest BCUT2D eigenvalue weighted by molar-refractivity contribution is 7.86. The molecule has 0 aromatic carbocycles. The van der Waals surface area contributed by atoms with Gasteiger partial charge in [0.1, 0.15) is 11.4 Å². The summed E-state index contributed by atoms with van der Waals surface area (Å²) in [5, 5.41) is 7.96. The molecule has 0 unspecified atom stereocenters. The first-order valence-electron chi connectivity index (χ1n) is 9.55. The fraction of sp³-hybridized carbons (Fsp3) is 0.421. The van der Waals surface area contributed by atoms with E-state index in [1.165, 1.54) is 23.9 Å². The van der Waals surface area contributed by atoms with Crippen LogP contribution in [0.2, 0.25) is 0 Å². The van der Waals surface area contributed by atoms with E-state index in [4.69, 9.17) is 4.74 Å². The predicted molar refractivity (Wildman–Crippen MR) is 117 cm³/mol. The number of amides is 3. The van der Waals surface area contributed by atoms with Crippen molar-refractivity contribution in [3.05, 3.63) is 35.9 Å². The Morgan fingerprint density at radius 3 is 2.06 bits per heavy atom. The number of methoxy groups -OCH3 is 1. The number of aryl methyl sites for hydroxylation is 2. The van der Waals surface area contributed by atoms with E-state index in [2.05, 4.69) is 20.1 Å². The molecule has 176 valence electrons. The smallest absolute Gasteiger partial charge is 0.272 e. The first-order valence-corrected chi connectivity index (χ1v) is 11.1. The molecule has 0 saturated carbocycles. The van der Waals surface area contributed by atoms with Crippen LogP contribution in [0.5, 0.6) is 0 Å². The lowest BCUT2D eigenvalue weighted by Gasteiger charge is -2.04. The molecule has 2 rings (SSSR count). The minimum absolute atomic E-state index is 0.250. The number of hydrogen-bond acceptors (Lipinski definition) is 7. The summed E-state index contributed by atoms with van der Waals surface area (Å²) in [6, 6.07) is 3.00. The number of nitrogens with one attached hydrogen (secondary N) is 3. The maximum absolute atomic E-state index is 12.7. The van der Waals surface area contributed by atoms with E-state index < -0.39 is 27.7 Å². The largest absolute Gasteiger partial charge is 0.383 e. The highest BCUT2D eigenvalue weighted by Gasteiger charge is 2.18. The third-order valence-electron chi connectivity index (χ3n) is 4.44. The molecule has 0 atom stereocenters. The molecule has 0 aliphatic rings. The zero-order valence-corrected chi connectivity index (χ0v) is 19.1. The fourth-order valence-corrected chi connectivity index (χ4v) is 3.40. The Hall–Kier alpha value is -3.16. The number of ether oxygens (including phenoxy) is 1. The van der Waals surface area contributed by atoms with E-state index >= 15 is 0 Å². The van der Waals surface area contributed by atoms with Gasteiger partial charge in [0.15, 0.2) is 0 Å². The standard InChI is InChI=1S/C19H27N5O7S/c1-23-12-14(10-15(23)18(26)20-6-7-30-3)22-19(27)16-9-13(11-24(16)2)21-17(25)5-8-32(28,29)31-4/h9-12H,5-8H2,1-4H3,(H,20,26)(H,21,25)(H,22,27). The molecular weight excluding hydrogens is 442 g/mol. The van der Waals surface area contributed by atoms with Crippen LogP contribution >= 0.6 is 0 Å². The molecule has 0 aliphatic carbocycles. The second kappa shape index (κ2) is 10.9. The van der Waals surface area contributed by atoms with Crippen molar-refractivity contribution in [1.82, 2.24) is 14.5 Å². The second-order valence-electron chi connectivity index (χ2n) is 6.88. The van der Waals surface area contributed by atoms with Crippen molar-refractivity contribution in [1.29, 1.82) is 0 Å². The van der Waals surface area contributed by atoms with Crippen LogP contribution in [0.15, 0.2) is 24.5 Å². The summed E-state index contributed by atoms with van der Waals surface area (Å²) in [6.45, 7) is 0.742. The third kappa shape index (κ3) is 6.93. The number of carbonyl (C=O) groups excluding carboxylic acids is 3. The number of anilines is 2. The molecule has 0 radical (unpaired) electrons. The van der Waals surface area contributed by atoms with Gasteiger partial charge in [-0.2, -0.15) is 8.42 Å². The molecule has 2 heterocycles. The van der Waals surface area contributed by atoms with Crippen molar-refractivity contribution >= 4 is 39.2 Å². The van der Waals surface area contributed by atoms with E-state index in [1.807, 2.05) is 0 Å². The van der Waals surface area contributed by atoms with Crippen LogP contribution in [0.1, 0.15) is 27.4 Å². The first-order chi connectivity index (χ1) is 15.1. The van der Waals surface area contributed by atoms with Gasteiger partial charge in [-0.15, -0.1) is 0 Å². The molecule has 0 bridgehead atoms. The summed E-state index contributed by atoms with van der Waals surface area (Å²) < 4.78 is 34.9. The van der Waals surface area contributed by atoms with E-state index in [1.54, 1.807) is 30.9 Å². The number of carbonyl (C=O) groups is 3. The van der Waals surface area contributed by atoms with E-state index in [0.29, 0.717) is 30.2 Å². The number of nitrogens with zero attached hydrogens (tertiary/aromatic N) is 2. The Kier molecular flexibility index (Phi) is 8.57. The van der Waals surface area contributed by atoms with Gasteiger partial charge in [-0.05, 0) is 12.1 Å². The van der Waals surface area contributed by atoms with Crippen LogP contribution in [-0.2, 0) is 37.9 Å². The van der Waals surface area contributed by atoms with Crippen LogP contribution in [0.25, 0.3) is 0 Å². The molecule has 0 spiro atoms. The summed E-state index contributed by atoms with van der Waals surface area (Å²) in [5.41, 5.74) is 1.37. The molecular formula is C19H27N5O7S. The Morgan fingerprint density at radius 2 is 1.50 bits per heavy atom. The van der Waals surface area contributed by atoms with Crippen molar-refractivity contribution in [2.45, 2.75) is 6.42 Å². The van der Waals surface area contributed by atoms with Gasteiger partial charge in [-0.1, -0.05) is 0 Å². The zero-order valence-electron chi connectivity index (χ0n) is 18.3. The highest BCUT2D eigenvalue weighted by atomic mass is 32.2. The fourth-order valence-electron chi connectivity index (χ4n) is 2.79. The molecule has 32 heavy (non-hydrogen) atoms. The Bertz CT molecular complexity index is 1090. The third-order valence-corrected chi connectivity index (χ3v) is 5.65. The van der Waals surface area contributed by atoms with Gasteiger partial charge >= 0.3 is 0 Å². The van der Waals surface area contributed by atoms with Crippen LogP contribution in [0, 0.1) is 0 Å². The molecule has 0 fully saturated rings. The summed E-state index contributed by atoms with van der Waals surface area (Å²) in [7, 11) is 2.13. The van der Waals surface area contributed by atoms with Gasteiger partial charge in [-0.25, -0.2) is 0 Å². The lowest BCUT2D eigenvalue weighted by Crippen LogP contribution is -2.28. The van der Waals surface area contributed by atoms with Crippen molar-refractivity contribution in [2.24, 2.45) is 14.1 Å². The van der Waals surface area contributed by atoms with E-state index in [9.17, 15) is 22.8 Å². The van der Waals surface area contributed by atoms with E-state index in [0.717, 1.165) is 7.11 Å². The van der Waals surface area contributed by atoms with E-state index in [-0.39, 0.29) is 18.0 Å². The average Bonchev–Trinajstić information content (AvgIpc) is 3.28. The average molecular weight is 470 g/mol. The molecule has 2 aromatic rings. The van der Waals surface area contributed by atoms with Crippen molar-refractivity contribution in [2.75, 3.05) is 43.8 Å². The Balaban J connectivity index is 2.01. The van der Waals surface area contributed by atoms with Gasteiger partial charge in [0.25, 0.3) is 21.9 Å². The Morgan fingerprint density at radius 1 is 0.938 bits per heavy atom. The maximum atomic E-state index is 12.7. The molecule has 0 saturated heterocycles. The lowest BCUT2D eigenvalue weighted by atomic mass is 10.3. The molecule has 12 nitrogen and oxygen atoms in total. The monoisotopic (exact) mass is 469 g/mol. The van der Waals surface area contributed by atoms with Gasteiger partial charge in [0.05, 0.1) is 30.8 Å². The van der Waals surface area contributed by atoms with Crippen LogP contribution in [0.4, 0.5) is 11.4 Å².